The molecule has 3 rings (SSSR count). The van der Waals surface area contributed by atoms with Crippen molar-refractivity contribution in [1.29, 1.82) is 0 Å². The quantitative estimate of drug-likeness (QED) is 0.537. The van der Waals surface area contributed by atoms with Crippen LogP contribution in [0.15, 0.2) is 145 Å². The highest BCUT2D eigenvalue weighted by molar-refractivity contribution is 5.34. The van der Waals surface area contributed by atoms with Gasteiger partial charge < -0.3 is 5.32 Å². The fourth-order valence-electron chi connectivity index (χ4n) is 3.75. The van der Waals surface area contributed by atoms with E-state index in [1.165, 1.54) is 24.8 Å². The Morgan fingerprint density at radius 3 is 1.63 bits per heavy atom. The van der Waals surface area contributed by atoms with Crippen LogP contribution >= 0.6 is 0 Å². The Labute approximate surface area is 181 Å². The molecule has 3 aliphatic carbocycles. The molecule has 0 amide bonds. The van der Waals surface area contributed by atoms with Crippen molar-refractivity contribution in [2.75, 3.05) is 0 Å². The molecule has 0 aromatic heterocycles. The third-order valence-electron chi connectivity index (χ3n) is 5.20. The van der Waals surface area contributed by atoms with Gasteiger partial charge in [0.05, 0.1) is 0 Å². The van der Waals surface area contributed by atoms with Crippen LogP contribution in [0.1, 0.15) is 19.3 Å². The summed E-state index contributed by atoms with van der Waals surface area (Å²) in [4.78, 5) is 0. The predicted octanol–water partition coefficient (Wildman–Crippen LogP) is 7.14. The van der Waals surface area contributed by atoms with Crippen LogP contribution in [-0.2, 0) is 0 Å². The smallest absolute Gasteiger partial charge is 0.0342 e. The summed E-state index contributed by atoms with van der Waals surface area (Å²) < 4.78 is 0. The summed E-state index contributed by atoms with van der Waals surface area (Å²) in [6.07, 6.45) is 49.7. The first kappa shape index (κ1) is 21.4. The molecule has 1 nitrogen and oxygen atoms in total. The maximum absolute atomic E-state index is 3.81. The first-order valence-corrected chi connectivity index (χ1v) is 10.8. The zero-order valence-corrected chi connectivity index (χ0v) is 17.5. The van der Waals surface area contributed by atoms with Gasteiger partial charge in [0.2, 0.25) is 0 Å². The number of rotatable bonds is 3. The van der Waals surface area contributed by atoms with Crippen LogP contribution in [0.3, 0.4) is 0 Å². The Morgan fingerprint density at radius 2 is 1.00 bits per heavy atom. The van der Waals surface area contributed by atoms with Crippen molar-refractivity contribution in [2.45, 2.75) is 25.3 Å². The van der Waals surface area contributed by atoms with Crippen molar-refractivity contribution in [3.63, 3.8) is 0 Å². The van der Waals surface area contributed by atoms with Crippen LogP contribution in [0.4, 0.5) is 0 Å². The monoisotopic (exact) mass is 393 g/mol. The summed E-state index contributed by atoms with van der Waals surface area (Å²) in [6, 6.07) is 0.429. The van der Waals surface area contributed by atoms with Crippen LogP contribution in [-0.4, -0.2) is 6.04 Å². The van der Waals surface area contributed by atoms with Crippen molar-refractivity contribution >= 4 is 0 Å². The molecular formula is C29H31N. The molecule has 0 bridgehead atoms. The standard InChI is InChI=1S/C29H31N/c1-3-7-11-15-20-26(21-16-12-8-4-1)28-24-19-25-29(28)30-27-22-17-13-9-5-2-6-10-14-18-23-27/h1-18,20-23,28-30H,19,24-25H2/b3-1-,4-1?,5-2?,6-2?,7-3?,8-4-,9-5?,10-6?,11-7-,12-8?,13-9+,14-10?,15-11?,16-12-,17-13?,18-14-,20-15?,21-16?,22-17-,23-18?,26-20?,26-21?,27-22?,27-23+. The summed E-state index contributed by atoms with van der Waals surface area (Å²) in [6.45, 7) is 0. The minimum atomic E-state index is 0.429. The van der Waals surface area contributed by atoms with E-state index in [1.807, 2.05) is 36.5 Å². The molecule has 0 saturated heterocycles. The molecule has 0 spiro atoms. The summed E-state index contributed by atoms with van der Waals surface area (Å²) in [5, 5.41) is 3.81. The van der Waals surface area contributed by atoms with Gasteiger partial charge >= 0.3 is 0 Å². The lowest BCUT2D eigenvalue weighted by atomic mass is 9.92. The predicted molar refractivity (Wildman–Crippen MR) is 132 cm³/mol. The normalized spacial score (nSPS) is 33.2. The van der Waals surface area contributed by atoms with E-state index in [2.05, 4.69) is 103 Å². The Kier molecular flexibility index (Phi) is 9.27. The van der Waals surface area contributed by atoms with Crippen LogP contribution in [0.2, 0.25) is 0 Å². The summed E-state index contributed by atoms with van der Waals surface area (Å²) in [7, 11) is 0. The van der Waals surface area contributed by atoms with E-state index in [4.69, 9.17) is 0 Å². The van der Waals surface area contributed by atoms with Crippen LogP contribution in [0.5, 0.6) is 0 Å². The fraction of sp³-hybridized carbons (Fsp3) is 0.172. The molecule has 2 unspecified atom stereocenters. The number of nitrogens with one attached hydrogen (secondary N) is 1. The van der Waals surface area contributed by atoms with Crippen LogP contribution in [0, 0.1) is 5.92 Å². The molecule has 0 radical (unpaired) electrons. The maximum Gasteiger partial charge on any atom is 0.0342 e. The molecular weight excluding hydrogens is 362 g/mol. The lowest BCUT2D eigenvalue weighted by Crippen LogP contribution is -2.32. The van der Waals surface area contributed by atoms with Gasteiger partial charge in [0.1, 0.15) is 0 Å². The summed E-state index contributed by atoms with van der Waals surface area (Å²) in [5.41, 5.74) is 2.53. The average Bonchev–Trinajstić information content (AvgIpc) is 3.18. The van der Waals surface area contributed by atoms with E-state index in [0.29, 0.717) is 12.0 Å². The van der Waals surface area contributed by atoms with Crippen molar-refractivity contribution in [3.05, 3.63) is 145 Å². The Morgan fingerprint density at radius 1 is 0.500 bits per heavy atom. The van der Waals surface area contributed by atoms with Crippen LogP contribution < -0.4 is 5.32 Å². The first-order chi connectivity index (χ1) is 14.9. The van der Waals surface area contributed by atoms with Crippen LogP contribution in [0.25, 0.3) is 0 Å². The highest BCUT2D eigenvalue weighted by Crippen LogP contribution is 2.33. The zero-order valence-electron chi connectivity index (χ0n) is 17.5. The van der Waals surface area contributed by atoms with Gasteiger partial charge in [-0.1, -0.05) is 128 Å². The average molecular weight is 394 g/mol. The van der Waals surface area contributed by atoms with E-state index in [0.717, 1.165) is 5.70 Å². The van der Waals surface area contributed by atoms with E-state index < -0.39 is 0 Å². The molecule has 0 aromatic rings. The third-order valence-corrected chi connectivity index (χ3v) is 5.20. The largest absolute Gasteiger partial charge is 0.382 e. The molecule has 2 atom stereocenters. The molecule has 1 N–H and O–H groups in total. The summed E-state index contributed by atoms with van der Waals surface area (Å²) >= 11 is 0. The number of hydrogen-bond donors (Lipinski definition) is 1. The lowest BCUT2D eigenvalue weighted by Gasteiger charge is -2.24. The minimum absolute atomic E-state index is 0.429. The minimum Gasteiger partial charge on any atom is -0.382 e. The first-order valence-electron chi connectivity index (χ1n) is 10.8. The molecule has 1 fully saturated rings. The maximum atomic E-state index is 3.81. The van der Waals surface area contributed by atoms with E-state index >= 15 is 0 Å². The molecule has 0 heterocycles. The van der Waals surface area contributed by atoms with Gasteiger partial charge in [-0.15, -0.1) is 0 Å². The van der Waals surface area contributed by atoms with E-state index in [-0.39, 0.29) is 0 Å². The van der Waals surface area contributed by atoms with E-state index in [1.54, 1.807) is 0 Å². The topological polar surface area (TPSA) is 12.0 Å². The summed E-state index contributed by atoms with van der Waals surface area (Å²) in [5.74, 6) is 0.500. The molecule has 3 aliphatic rings. The van der Waals surface area contributed by atoms with Crippen molar-refractivity contribution in [3.8, 4) is 0 Å². The third kappa shape index (κ3) is 7.60. The Bertz CT molecular complexity index is 904. The highest BCUT2D eigenvalue weighted by atomic mass is 14.9. The second-order valence-electron chi connectivity index (χ2n) is 7.37. The number of hydrogen-bond acceptors (Lipinski definition) is 1. The number of allylic oxidation sites excluding steroid dienone is 22. The van der Waals surface area contributed by atoms with Gasteiger partial charge in [0.15, 0.2) is 0 Å². The molecule has 1 saturated carbocycles. The van der Waals surface area contributed by atoms with Crippen molar-refractivity contribution in [1.82, 2.24) is 5.32 Å². The van der Waals surface area contributed by atoms with Gasteiger partial charge in [-0.3, -0.25) is 0 Å². The molecule has 0 aliphatic heterocycles. The van der Waals surface area contributed by atoms with Gasteiger partial charge in [-0.05, 0) is 30.6 Å². The van der Waals surface area contributed by atoms with Gasteiger partial charge in [-0.25, -0.2) is 0 Å². The van der Waals surface area contributed by atoms with Gasteiger partial charge in [0, 0.05) is 17.7 Å². The van der Waals surface area contributed by atoms with Gasteiger partial charge in [-0.2, -0.15) is 0 Å². The molecule has 0 aromatic carbocycles. The molecule has 30 heavy (non-hydrogen) atoms. The fourth-order valence-corrected chi connectivity index (χ4v) is 3.75. The molecule has 1 heteroatoms. The van der Waals surface area contributed by atoms with Crippen molar-refractivity contribution in [2.24, 2.45) is 5.92 Å². The lowest BCUT2D eigenvalue weighted by molar-refractivity contribution is 0.492. The molecule has 152 valence electrons. The van der Waals surface area contributed by atoms with Gasteiger partial charge in [0.25, 0.3) is 0 Å². The second kappa shape index (κ2) is 13.0. The highest BCUT2D eigenvalue weighted by Gasteiger charge is 2.29. The SMILES string of the molecule is C1=C\C=C/C=C(NC2CCCC2C2=C\C=C/C=C\C=C/C=C\C=C2)\C=C/C=C/C=C1. The zero-order chi connectivity index (χ0) is 20.7. The Balaban J connectivity index is 1.77. The second-order valence-corrected chi connectivity index (χ2v) is 7.37. The Hall–Kier alpha value is -3.32. The van der Waals surface area contributed by atoms with E-state index in [9.17, 15) is 0 Å². The van der Waals surface area contributed by atoms with Crippen molar-refractivity contribution < 1.29 is 0 Å².